The molecule has 5 aromatic rings. The molecule has 0 spiro atoms. The summed E-state index contributed by atoms with van der Waals surface area (Å²) in [6.45, 7) is 1.61. The van der Waals surface area contributed by atoms with Gasteiger partial charge in [-0.25, -0.2) is 0 Å². The number of hydrogen-bond donors (Lipinski definition) is 4. The van der Waals surface area contributed by atoms with Gasteiger partial charge in [-0.15, -0.1) is 0 Å². The van der Waals surface area contributed by atoms with Crippen LogP contribution in [0.25, 0.3) is 0 Å². The Bertz CT molecular complexity index is 1750. The molecule has 5 rings (SSSR count). The van der Waals surface area contributed by atoms with Crippen LogP contribution in [0, 0.1) is 0 Å². The number of ether oxygens (including phenoxy) is 8. The molecule has 14 nitrogen and oxygen atoms in total. The number of methoxy groups -OCH3 is 8. The van der Waals surface area contributed by atoms with Crippen molar-refractivity contribution >= 4 is 56.9 Å². The first kappa shape index (κ1) is 45.7. The summed E-state index contributed by atoms with van der Waals surface area (Å²) in [5.74, 6) is 0. The molecule has 0 heterocycles. The smallest absolute Gasteiger partial charge is 0.173 e. The van der Waals surface area contributed by atoms with E-state index in [-0.39, 0.29) is 0 Å². The zero-order valence-corrected chi connectivity index (χ0v) is 35.8. The van der Waals surface area contributed by atoms with E-state index in [0.717, 1.165) is 56.9 Å². The number of hydrogen-bond acceptors (Lipinski definition) is 14. The van der Waals surface area contributed by atoms with Gasteiger partial charge in [0, 0.05) is 56.9 Å². The van der Waals surface area contributed by atoms with Crippen molar-refractivity contribution < 1.29 is 37.9 Å². The molecule has 0 radical (unpaired) electrons. The largest absolute Gasteiger partial charge is 0.378 e. The molecule has 322 valence electrons. The molecule has 14 heteroatoms. The van der Waals surface area contributed by atoms with Crippen LogP contribution in [0.3, 0.4) is 0 Å². The Hall–Kier alpha value is -5.42. The molecule has 0 saturated heterocycles. The molecule has 5 aromatic carbocycles. The minimum atomic E-state index is -0.470. The van der Waals surface area contributed by atoms with Gasteiger partial charge in [0.05, 0.1) is 83.1 Å². The summed E-state index contributed by atoms with van der Waals surface area (Å²) in [5.41, 5.74) is 8.69. The summed E-state index contributed by atoms with van der Waals surface area (Å²) in [5, 5.41) is 14.4. The Kier molecular flexibility index (Phi) is 18.3. The minimum Gasteiger partial charge on any atom is -0.378 e. The Morgan fingerprint density at radius 2 is 0.483 bits per heavy atom. The molecule has 0 bridgehead atoms. The summed E-state index contributed by atoms with van der Waals surface area (Å²) >= 11 is 0. The highest BCUT2D eigenvalue weighted by Gasteiger charge is 2.28. The van der Waals surface area contributed by atoms with E-state index in [2.05, 4.69) is 91.7 Å². The second-order valence-electron chi connectivity index (χ2n) is 13.4. The first-order valence-electron chi connectivity index (χ1n) is 19.7. The van der Waals surface area contributed by atoms with Crippen molar-refractivity contribution in [2.45, 2.75) is 25.2 Å². The van der Waals surface area contributed by atoms with Gasteiger partial charge in [-0.2, -0.15) is 0 Å². The van der Waals surface area contributed by atoms with E-state index >= 15 is 0 Å². The Labute approximate surface area is 354 Å². The van der Waals surface area contributed by atoms with Crippen molar-refractivity contribution in [2.75, 3.05) is 114 Å². The number of benzene rings is 5. The lowest BCUT2D eigenvalue weighted by Gasteiger charge is -2.36. The van der Waals surface area contributed by atoms with Crippen LogP contribution in [-0.2, 0) is 37.9 Å². The third-order valence-electron chi connectivity index (χ3n) is 9.88. The highest BCUT2D eigenvalue weighted by molar-refractivity contribution is 5.99. The third kappa shape index (κ3) is 11.6. The molecule has 4 N–H and O–H groups in total. The SMILES string of the molecule is COC(CNc1ccccc1N(c1ccccc1NCC(OC)OC)c1ccccc1N(c1ccccc1NCC(OC)OC)c1ccccc1NCC(OC)OC)OC. The van der Waals surface area contributed by atoms with Gasteiger partial charge in [0.2, 0.25) is 0 Å². The van der Waals surface area contributed by atoms with Crippen molar-refractivity contribution in [1.82, 2.24) is 0 Å². The lowest BCUT2D eigenvalue weighted by Crippen LogP contribution is -2.26. The summed E-state index contributed by atoms with van der Waals surface area (Å²) < 4.78 is 44.6. The average Bonchev–Trinajstić information content (AvgIpc) is 3.30. The molecule has 0 aromatic heterocycles. The maximum absolute atomic E-state index is 5.57. The van der Waals surface area contributed by atoms with E-state index in [4.69, 9.17) is 37.9 Å². The van der Waals surface area contributed by atoms with Crippen molar-refractivity contribution in [1.29, 1.82) is 0 Å². The fourth-order valence-electron chi connectivity index (χ4n) is 6.72. The molecule has 0 amide bonds. The van der Waals surface area contributed by atoms with Gasteiger partial charge in [-0.05, 0) is 60.7 Å². The van der Waals surface area contributed by atoms with Gasteiger partial charge < -0.3 is 69.0 Å². The van der Waals surface area contributed by atoms with Crippen LogP contribution >= 0.6 is 0 Å². The zero-order chi connectivity index (χ0) is 42.7. The fourth-order valence-corrected chi connectivity index (χ4v) is 6.72. The van der Waals surface area contributed by atoms with Crippen LogP contribution in [0.2, 0.25) is 0 Å². The number of nitrogens with one attached hydrogen (secondary N) is 4. The topological polar surface area (TPSA) is 128 Å². The van der Waals surface area contributed by atoms with Crippen LogP contribution in [0.5, 0.6) is 0 Å². The normalized spacial score (nSPS) is 11.4. The van der Waals surface area contributed by atoms with Crippen LogP contribution in [-0.4, -0.2) is 108 Å². The van der Waals surface area contributed by atoms with E-state index in [1.54, 1.807) is 56.9 Å². The molecule has 60 heavy (non-hydrogen) atoms. The summed E-state index contributed by atoms with van der Waals surface area (Å²) in [6.07, 6.45) is -1.88. The van der Waals surface area contributed by atoms with Gasteiger partial charge in [-0.1, -0.05) is 60.7 Å². The molecule has 0 saturated carbocycles. The molecule has 0 unspecified atom stereocenters. The fraction of sp³-hybridized carbons (Fsp3) is 0.348. The van der Waals surface area contributed by atoms with Crippen LogP contribution in [0.4, 0.5) is 56.9 Å². The standard InChI is InChI=1S/C46H60N6O8/c1-53-43(54-2)29-47-33-19-9-13-23-37(33)51(38-24-14-10-20-34(38)48-30-44(55-3)56-4)41-27-17-18-28-42(41)52(39-25-15-11-21-35(39)49-31-45(57-5)58-6)40-26-16-12-22-36(40)50-32-46(59-7)60-8/h9-28,43-50H,29-32H2,1-8H3. The van der Waals surface area contributed by atoms with Crippen molar-refractivity contribution in [3.8, 4) is 0 Å². The summed E-state index contributed by atoms with van der Waals surface area (Å²) in [6, 6.07) is 41.1. The molecule has 0 fully saturated rings. The lowest BCUT2D eigenvalue weighted by atomic mass is 10.1. The van der Waals surface area contributed by atoms with Crippen molar-refractivity contribution in [2.24, 2.45) is 0 Å². The minimum absolute atomic E-state index is 0.404. The summed E-state index contributed by atoms with van der Waals surface area (Å²) in [4.78, 5) is 4.50. The quantitative estimate of drug-likeness (QED) is 0.0397. The predicted molar refractivity (Wildman–Crippen MR) is 241 cm³/mol. The average molecular weight is 825 g/mol. The highest BCUT2D eigenvalue weighted by Crippen LogP contribution is 2.51. The maximum Gasteiger partial charge on any atom is 0.173 e. The molecule has 0 atom stereocenters. The van der Waals surface area contributed by atoms with Gasteiger partial charge in [0.15, 0.2) is 25.2 Å². The molecular formula is C46H60N6O8. The Morgan fingerprint density at radius 1 is 0.300 bits per heavy atom. The van der Waals surface area contributed by atoms with Crippen LogP contribution < -0.4 is 31.1 Å². The maximum atomic E-state index is 5.57. The third-order valence-corrected chi connectivity index (χ3v) is 9.88. The summed E-state index contributed by atoms with van der Waals surface area (Å²) in [7, 11) is 13.0. The van der Waals surface area contributed by atoms with Crippen molar-refractivity contribution in [3.63, 3.8) is 0 Å². The van der Waals surface area contributed by atoms with E-state index < -0.39 is 25.2 Å². The Balaban J connectivity index is 1.80. The van der Waals surface area contributed by atoms with Gasteiger partial charge in [-0.3, -0.25) is 0 Å². The molecule has 0 aliphatic heterocycles. The van der Waals surface area contributed by atoms with E-state index in [0.29, 0.717) is 26.2 Å². The van der Waals surface area contributed by atoms with Crippen molar-refractivity contribution in [3.05, 3.63) is 121 Å². The lowest BCUT2D eigenvalue weighted by molar-refractivity contribution is -0.0915. The van der Waals surface area contributed by atoms with Gasteiger partial charge >= 0.3 is 0 Å². The number of rotatable bonds is 26. The zero-order valence-electron chi connectivity index (χ0n) is 35.8. The monoisotopic (exact) mass is 824 g/mol. The predicted octanol–water partition coefficient (Wildman–Crippen LogP) is 8.75. The molecule has 0 aliphatic carbocycles. The number of anilines is 10. The first-order valence-corrected chi connectivity index (χ1v) is 19.7. The van der Waals surface area contributed by atoms with Crippen LogP contribution in [0.15, 0.2) is 121 Å². The number of nitrogens with zero attached hydrogens (tertiary/aromatic N) is 2. The van der Waals surface area contributed by atoms with E-state index in [1.165, 1.54) is 0 Å². The van der Waals surface area contributed by atoms with Gasteiger partial charge in [0.1, 0.15) is 0 Å². The van der Waals surface area contributed by atoms with Gasteiger partial charge in [0.25, 0.3) is 0 Å². The van der Waals surface area contributed by atoms with E-state index in [9.17, 15) is 0 Å². The number of para-hydroxylation sites is 10. The molecule has 0 aliphatic rings. The highest BCUT2D eigenvalue weighted by atomic mass is 16.7. The molecular weight excluding hydrogens is 765 g/mol. The van der Waals surface area contributed by atoms with Crippen LogP contribution in [0.1, 0.15) is 0 Å². The van der Waals surface area contributed by atoms with E-state index in [1.807, 2.05) is 60.7 Å². The Morgan fingerprint density at radius 3 is 0.683 bits per heavy atom. The second-order valence-corrected chi connectivity index (χ2v) is 13.4. The first-order chi connectivity index (χ1) is 29.4. The second kappa shape index (κ2) is 24.0.